The molecule has 1 fully saturated rings. The normalized spacial score (nSPS) is 24.1. The molecule has 0 unspecified atom stereocenters. The maximum absolute atomic E-state index is 11.2. The van der Waals surface area contributed by atoms with Crippen molar-refractivity contribution < 1.29 is 9.53 Å². The summed E-state index contributed by atoms with van der Waals surface area (Å²) in [6.07, 6.45) is 2.01. The van der Waals surface area contributed by atoms with Crippen LogP contribution in [0.15, 0.2) is 0 Å². The van der Waals surface area contributed by atoms with Crippen LogP contribution in [0.3, 0.4) is 0 Å². The van der Waals surface area contributed by atoms with Crippen molar-refractivity contribution in [2.24, 2.45) is 0 Å². The van der Waals surface area contributed by atoms with E-state index in [2.05, 4.69) is 5.32 Å². The predicted molar refractivity (Wildman–Crippen MR) is 42.3 cm³/mol. The largest absolute Gasteiger partial charge is 0.462 e. The van der Waals surface area contributed by atoms with Crippen molar-refractivity contribution >= 4 is 5.97 Å². The molecule has 0 radical (unpaired) electrons. The molecule has 0 aliphatic carbocycles. The van der Waals surface area contributed by atoms with Gasteiger partial charge >= 0.3 is 5.97 Å². The van der Waals surface area contributed by atoms with E-state index in [1.54, 1.807) is 0 Å². The minimum Gasteiger partial charge on any atom is -0.462 e. The summed E-state index contributed by atoms with van der Waals surface area (Å²) in [5, 5.41) is 3.09. The molecule has 0 spiro atoms. The fraction of sp³-hybridized carbons (Fsp3) is 0.875. The number of carbonyl (C=O) groups is 1. The first-order chi connectivity index (χ1) is 5.20. The Morgan fingerprint density at radius 1 is 1.64 bits per heavy atom. The fourth-order valence-electron chi connectivity index (χ4n) is 1.20. The van der Waals surface area contributed by atoms with Crippen LogP contribution in [0.1, 0.15) is 26.7 Å². The maximum atomic E-state index is 11.2. The smallest absolute Gasteiger partial charge is 0.323 e. The van der Waals surface area contributed by atoms with Crippen LogP contribution >= 0.6 is 0 Å². The summed E-state index contributed by atoms with van der Waals surface area (Å²) in [6.45, 7) is 4.68. The van der Waals surface area contributed by atoms with Gasteiger partial charge in [-0.3, -0.25) is 4.79 Å². The Kier molecular flexibility index (Phi) is 2.88. The Bertz CT molecular complexity index is 139. The molecule has 0 saturated carbocycles. The first-order valence-electron chi connectivity index (χ1n) is 4.14. The highest BCUT2D eigenvalue weighted by atomic mass is 16.5. The first kappa shape index (κ1) is 8.53. The van der Waals surface area contributed by atoms with Gasteiger partial charge in [0.1, 0.15) is 6.04 Å². The first-order valence-corrected chi connectivity index (χ1v) is 4.14. The number of hydrogen-bond acceptors (Lipinski definition) is 3. The third-order valence-corrected chi connectivity index (χ3v) is 1.70. The molecule has 1 rings (SSSR count). The van der Waals surface area contributed by atoms with E-state index >= 15 is 0 Å². The molecule has 1 atom stereocenters. The molecule has 1 saturated heterocycles. The Morgan fingerprint density at radius 2 is 2.36 bits per heavy atom. The molecule has 1 aliphatic heterocycles. The summed E-state index contributed by atoms with van der Waals surface area (Å²) in [5.74, 6) is -0.0995. The standard InChI is InChI=1S/C8H15NO2/c1-6(2)11-8(10)7-4-3-5-9-7/h6-7,9H,3-5H2,1-2H3/t7-/m1/s1. The van der Waals surface area contributed by atoms with Gasteiger partial charge in [-0.25, -0.2) is 0 Å². The van der Waals surface area contributed by atoms with E-state index in [1.165, 1.54) is 0 Å². The molecule has 1 N–H and O–H groups in total. The lowest BCUT2D eigenvalue weighted by Crippen LogP contribution is -2.33. The molecular formula is C8H15NO2. The van der Waals surface area contributed by atoms with Gasteiger partial charge in [0.05, 0.1) is 6.10 Å². The molecule has 0 aromatic heterocycles. The summed E-state index contributed by atoms with van der Waals surface area (Å²) in [6, 6.07) is -0.0441. The van der Waals surface area contributed by atoms with Gasteiger partial charge in [0.25, 0.3) is 0 Å². The third kappa shape index (κ3) is 2.50. The quantitative estimate of drug-likeness (QED) is 0.599. The van der Waals surface area contributed by atoms with Gasteiger partial charge in [-0.05, 0) is 33.2 Å². The molecule has 0 amide bonds. The summed E-state index contributed by atoms with van der Waals surface area (Å²) in [7, 11) is 0. The molecule has 64 valence electrons. The van der Waals surface area contributed by atoms with Crippen molar-refractivity contribution in [2.45, 2.75) is 38.8 Å². The van der Waals surface area contributed by atoms with E-state index < -0.39 is 0 Å². The van der Waals surface area contributed by atoms with E-state index in [9.17, 15) is 4.79 Å². The van der Waals surface area contributed by atoms with Gasteiger partial charge in [-0.15, -0.1) is 0 Å². The Balaban J connectivity index is 2.28. The van der Waals surface area contributed by atoms with Crippen molar-refractivity contribution in [3.8, 4) is 0 Å². The predicted octanol–water partition coefficient (Wildman–Crippen LogP) is 0.690. The van der Waals surface area contributed by atoms with Crippen molar-refractivity contribution in [1.82, 2.24) is 5.32 Å². The fourth-order valence-corrected chi connectivity index (χ4v) is 1.20. The molecule has 3 heteroatoms. The van der Waals surface area contributed by atoms with Crippen LogP contribution in [0.5, 0.6) is 0 Å². The van der Waals surface area contributed by atoms with Gasteiger partial charge in [0, 0.05) is 0 Å². The van der Waals surface area contributed by atoms with E-state index in [4.69, 9.17) is 4.74 Å². The van der Waals surface area contributed by atoms with Crippen molar-refractivity contribution in [3.05, 3.63) is 0 Å². The van der Waals surface area contributed by atoms with E-state index in [1.807, 2.05) is 13.8 Å². The Labute approximate surface area is 67.1 Å². The molecular weight excluding hydrogens is 142 g/mol. The Morgan fingerprint density at radius 3 is 2.82 bits per heavy atom. The summed E-state index contributed by atoms with van der Waals surface area (Å²) in [4.78, 5) is 11.2. The van der Waals surface area contributed by atoms with E-state index in [0.717, 1.165) is 19.4 Å². The van der Waals surface area contributed by atoms with Gasteiger partial charge in [-0.1, -0.05) is 0 Å². The average molecular weight is 157 g/mol. The molecule has 1 heterocycles. The number of esters is 1. The third-order valence-electron chi connectivity index (χ3n) is 1.70. The van der Waals surface area contributed by atoms with Crippen molar-refractivity contribution in [1.29, 1.82) is 0 Å². The minimum atomic E-state index is -0.0995. The molecule has 3 nitrogen and oxygen atoms in total. The molecule has 0 aromatic carbocycles. The van der Waals surface area contributed by atoms with Crippen LogP contribution in [-0.4, -0.2) is 24.7 Å². The number of rotatable bonds is 2. The van der Waals surface area contributed by atoms with Gasteiger partial charge < -0.3 is 10.1 Å². The van der Waals surface area contributed by atoms with Crippen LogP contribution in [-0.2, 0) is 9.53 Å². The van der Waals surface area contributed by atoms with E-state index in [-0.39, 0.29) is 18.1 Å². The van der Waals surface area contributed by atoms with Crippen molar-refractivity contribution in [2.75, 3.05) is 6.54 Å². The van der Waals surface area contributed by atoms with Gasteiger partial charge in [0.2, 0.25) is 0 Å². The number of hydrogen-bond donors (Lipinski definition) is 1. The Hall–Kier alpha value is -0.570. The number of carbonyl (C=O) groups excluding carboxylic acids is 1. The minimum absolute atomic E-state index is 0.00454. The summed E-state index contributed by atoms with van der Waals surface area (Å²) in [5.41, 5.74) is 0. The topological polar surface area (TPSA) is 38.3 Å². The molecule has 11 heavy (non-hydrogen) atoms. The lowest BCUT2D eigenvalue weighted by molar-refractivity contribution is -0.149. The maximum Gasteiger partial charge on any atom is 0.323 e. The van der Waals surface area contributed by atoms with E-state index in [0.29, 0.717) is 0 Å². The second-order valence-electron chi connectivity index (χ2n) is 3.13. The molecule has 0 aromatic rings. The van der Waals surface area contributed by atoms with Crippen LogP contribution in [0.25, 0.3) is 0 Å². The molecule has 1 aliphatic rings. The molecule has 0 bridgehead atoms. The monoisotopic (exact) mass is 157 g/mol. The summed E-state index contributed by atoms with van der Waals surface area (Å²) < 4.78 is 5.03. The lowest BCUT2D eigenvalue weighted by atomic mass is 10.2. The van der Waals surface area contributed by atoms with Crippen LogP contribution in [0.2, 0.25) is 0 Å². The van der Waals surface area contributed by atoms with Crippen LogP contribution in [0, 0.1) is 0 Å². The van der Waals surface area contributed by atoms with Crippen LogP contribution in [0.4, 0.5) is 0 Å². The second kappa shape index (κ2) is 3.72. The summed E-state index contributed by atoms with van der Waals surface area (Å²) >= 11 is 0. The highest BCUT2D eigenvalue weighted by Gasteiger charge is 2.23. The zero-order chi connectivity index (χ0) is 8.27. The average Bonchev–Trinajstić information content (AvgIpc) is 2.35. The lowest BCUT2D eigenvalue weighted by Gasteiger charge is -2.12. The van der Waals surface area contributed by atoms with Gasteiger partial charge in [0.15, 0.2) is 0 Å². The van der Waals surface area contributed by atoms with Gasteiger partial charge in [-0.2, -0.15) is 0 Å². The number of ether oxygens (including phenoxy) is 1. The zero-order valence-corrected chi connectivity index (χ0v) is 7.09. The second-order valence-corrected chi connectivity index (χ2v) is 3.13. The van der Waals surface area contributed by atoms with Crippen LogP contribution < -0.4 is 5.32 Å². The number of nitrogens with one attached hydrogen (secondary N) is 1. The highest BCUT2D eigenvalue weighted by Crippen LogP contribution is 2.07. The zero-order valence-electron chi connectivity index (χ0n) is 7.09. The van der Waals surface area contributed by atoms with Crippen molar-refractivity contribution in [3.63, 3.8) is 0 Å². The highest BCUT2D eigenvalue weighted by molar-refractivity contribution is 5.76. The SMILES string of the molecule is CC(C)OC(=O)[C@H]1CCCN1.